The number of nitriles is 1. The van der Waals surface area contributed by atoms with Crippen LogP contribution in [0.1, 0.15) is 49.7 Å². The zero-order valence-corrected chi connectivity index (χ0v) is 12.9. The highest BCUT2D eigenvalue weighted by Crippen LogP contribution is 2.32. The molecule has 0 aliphatic heterocycles. The van der Waals surface area contributed by atoms with Crippen LogP contribution < -0.4 is 0 Å². The fraction of sp³-hybridized carbons (Fsp3) is 0.526. The molecule has 1 aromatic rings. The topological polar surface area (TPSA) is 23.8 Å². The first-order valence-electron chi connectivity index (χ1n) is 8.14. The molecule has 1 fully saturated rings. The highest BCUT2D eigenvalue weighted by molar-refractivity contribution is 5.33. The van der Waals surface area contributed by atoms with Gasteiger partial charge in [-0.25, -0.2) is 4.39 Å². The highest BCUT2D eigenvalue weighted by atomic mass is 19.1. The van der Waals surface area contributed by atoms with Gasteiger partial charge in [-0.05, 0) is 74.5 Å². The Bertz CT molecular complexity index is 537. The zero-order chi connectivity index (χ0) is 15.8. The lowest BCUT2D eigenvalue weighted by Crippen LogP contribution is -2.13. The van der Waals surface area contributed by atoms with Crippen molar-refractivity contribution < 1.29 is 8.78 Å². The average molecular weight is 303 g/mol. The molecule has 0 amide bonds. The van der Waals surface area contributed by atoms with E-state index in [1.54, 1.807) is 6.07 Å². The van der Waals surface area contributed by atoms with E-state index in [9.17, 15) is 8.78 Å². The van der Waals surface area contributed by atoms with E-state index in [0.29, 0.717) is 18.3 Å². The van der Waals surface area contributed by atoms with Crippen molar-refractivity contribution in [1.82, 2.24) is 0 Å². The van der Waals surface area contributed by atoms with Crippen molar-refractivity contribution >= 4 is 0 Å². The lowest BCUT2D eigenvalue weighted by atomic mass is 9.79. The summed E-state index contributed by atoms with van der Waals surface area (Å²) in [5.74, 6) is 0.890. The monoisotopic (exact) mass is 303 g/mol. The Morgan fingerprint density at radius 2 is 2.00 bits per heavy atom. The van der Waals surface area contributed by atoms with Gasteiger partial charge < -0.3 is 0 Å². The molecule has 0 saturated heterocycles. The fourth-order valence-corrected chi connectivity index (χ4v) is 3.20. The summed E-state index contributed by atoms with van der Waals surface area (Å²) in [4.78, 5) is 0. The predicted octanol–water partition coefficient (Wildman–Crippen LogP) is 5.35. The first-order valence-corrected chi connectivity index (χ1v) is 8.14. The van der Waals surface area contributed by atoms with Gasteiger partial charge in [-0.3, -0.25) is 4.39 Å². The molecular weight excluding hydrogens is 280 g/mol. The molecule has 0 bridgehead atoms. The normalized spacial score (nSPS) is 21.9. The Hall–Kier alpha value is -1.69. The van der Waals surface area contributed by atoms with Gasteiger partial charge in [0.15, 0.2) is 0 Å². The van der Waals surface area contributed by atoms with Crippen molar-refractivity contribution in [2.75, 3.05) is 6.67 Å². The van der Waals surface area contributed by atoms with Gasteiger partial charge in [0.25, 0.3) is 0 Å². The number of allylic oxidation sites excluding steroid dienone is 2. The molecule has 0 aromatic heterocycles. The summed E-state index contributed by atoms with van der Waals surface area (Å²) in [6.07, 6.45) is 11.4. The Morgan fingerprint density at radius 1 is 1.23 bits per heavy atom. The number of halogens is 2. The van der Waals surface area contributed by atoms with Gasteiger partial charge in [-0.15, -0.1) is 0 Å². The minimum atomic E-state index is -0.415. The van der Waals surface area contributed by atoms with Gasteiger partial charge in [0.2, 0.25) is 0 Å². The van der Waals surface area contributed by atoms with Crippen LogP contribution in [0.15, 0.2) is 30.4 Å². The summed E-state index contributed by atoms with van der Waals surface area (Å²) in [6, 6.07) is 6.76. The first kappa shape index (κ1) is 16.7. The van der Waals surface area contributed by atoms with Crippen LogP contribution in [-0.2, 0) is 6.42 Å². The molecule has 0 spiro atoms. The number of benzene rings is 1. The van der Waals surface area contributed by atoms with Crippen molar-refractivity contribution in [2.45, 2.75) is 44.9 Å². The quantitative estimate of drug-likeness (QED) is 0.650. The van der Waals surface area contributed by atoms with Crippen LogP contribution >= 0.6 is 0 Å². The molecule has 1 aliphatic rings. The molecule has 3 heteroatoms. The Labute approximate surface area is 131 Å². The van der Waals surface area contributed by atoms with Gasteiger partial charge in [-0.1, -0.05) is 18.2 Å². The molecule has 0 atom stereocenters. The summed E-state index contributed by atoms with van der Waals surface area (Å²) >= 11 is 0. The summed E-state index contributed by atoms with van der Waals surface area (Å²) in [6.45, 7) is -0.271. The number of rotatable bonds is 6. The SMILES string of the molecule is N#Cc1ccc(CCC2CCC(/C=C/CCF)CC2)cc1F. The van der Waals surface area contributed by atoms with Crippen molar-refractivity contribution in [2.24, 2.45) is 11.8 Å². The second-order valence-electron chi connectivity index (χ2n) is 6.15. The molecule has 0 radical (unpaired) electrons. The standard InChI is InChI=1S/C19H23F2N/c20-12-2-1-3-15-4-6-16(7-5-15)8-9-17-10-11-18(14-22)19(21)13-17/h1,3,10-11,13,15-16H,2,4-9,12H2/b3-1+. The van der Waals surface area contributed by atoms with Crippen molar-refractivity contribution in [1.29, 1.82) is 5.26 Å². The van der Waals surface area contributed by atoms with Gasteiger partial charge in [0, 0.05) is 0 Å². The summed E-state index contributed by atoms with van der Waals surface area (Å²) in [5.41, 5.74) is 1.09. The molecule has 1 aromatic carbocycles. The highest BCUT2D eigenvalue weighted by Gasteiger charge is 2.19. The second-order valence-corrected chi connectivity index (χ2v) is 6.15. The minimum absolute atomic E-state index is 0.115. The van der Waals surface area contributed by atoms with E-state index in [4.69, 9.17) is 5.26 Å². The first-order chi connectivity index (χ1) is 10.7. The predicted molar refractivity (Wildman–Crippen MR) is 84.6 cm³/mol. The third-order valence-corrected chi connectivity index (χ3v) is 4.57. The summed E-state index contributed by atoms with van der Waals surface area (Å²) < 4.78 is 25.6. The molecule has 22 heavy (non-hydrogen) atoms. The van der Waals surface area contributed by atoms with E-state index < -0.39 is 5.82 Å². The second kappa shape index (κ2) is 8.68. The Balaban J connectivity index is 1.75. The van der Waals surface area contributed by atoms with E-state index in [1.165, 1.54) is 31.7 Å². The number of nitrogens with zero attached hydrogens (tertiary/aromatic N) is 1. The van der Waals surface area contributed by atoms with E-state index in [-0.39, 0.29) is 12.2 Å². The Kier molecular flexibility index (Phi) is 6.58. The average Bonchev–Trinajstić information content (AvgIpc) is 2.54. The Morgan fingerprint density at radius 3 is 2.64 bits per heavy atom. The van der Waals surface area contributed by atoms with Gasteiger partial charge in [0.05, 0.1) is 12.2 Å². The van der Waals surface area contributed by atoms with Crippen LogP contribution in [0.5, 0.6) is 0 Å². The molecule has 118 valence electrons. The van der Waals surface area contributed by atoms with Crippen molar-refractivity contribution in [3.05, 3.63) is 47.3 Å². The zero-order valence-electron chi connectivity index (χ0n) is 12.9. The third-order valence-electron chi connectivity index (χ3n) is 4.57. The molecule has 1 aliphatic carbocycles. The van der Waals surface area contributed by atoms with Crippen LogP contribution in [0.25, 0.3) is 0 Å². The van der Waals surface area contributed by atoms with E-state index >= 15 is 0 Å². The number of alkyl halides is 1. The van der Waals surface area contributed by atoms with Crippen LogP contribution in [-0.4, -0.2) is 6.67 Å². The maximum absolute atomic E-state index is 13.6. The number of hydrogen-bond donors (Lipinski definition) is 0. The summed E-state index contributed by atoms with van der Waals surface area (Å²) in [7, 11) is 0. The molecule has 0 heterocycles. The lowest BCUT2D eigenvalue weighted by Gasteiger charge is -2.26. The van der Waals surface area contributed by atoms with Crippen LogP contribution in [0, 0.1) is 29.0 Å². The van der Waals surface area contributed by atoms with Gasteiger partial charge in [-0.2, -0.15) is 5.26 Å². The van der Waals surface area contributed by atoms with Gasteiger partial charge >= 0.3 is 0 Å². The molecular formula is C19H23F2N. The van der Waals surface area contributed by atoms with Crippen molar-refractivity contribution in [3.63, 3.8) is 0 Å². The number of hydrogen-bond acceptors (Lipinski definition) is 1. The van der Waals surface area contributed by atoms with Gasteiger partial charge in [0.1, 0.15) is 11.9 Å². The maximum Gasteiger partial charge on any atom is 0.141 e. The van der Waals surface area contributed by atoms with E-state index in [2.05, 4.69) is 6.08 Å². The van der Waals surface area contributed by atoms with Crippen LogP contribution in [0.4, 0.5) is 8.78 Å². The van der Waals surface area contributed by atoms with Crippen molar-refractivity contribution in [3.8, 4) is 6.07 Å². The molecule has 0 N–H and O–H groups in total. The summed E-state index contributed by atoms with van der Waals surface area (Å²) in [5, 5.41) is 8.73. The lowest BCUT2D eigenvalue weighted by molar-refractivity contribution is 0.295. The smallest absolute Gasteiger partial charge is 0.141 e. The van der Waals surface area contributed by atoms with Crippen LogP contribution in [0.3, 0.4) is 0 Å². The van der Waals surface area contributed by atoms with E-state index in [0.717, 1.165) is 18.4 Å². The van der Waals surface area contributed by atoms with E-state index in [1.807, 2.05) is 18.2 Å². The molecule has 1 saturated carbocycles. The fourth-order valence-electron chi connectivity index (χ4n) is 3.20. The molecule has 2 rings (SSSR count). The molecule has 1 nitrogen and oxygen atoms in total. The minimum Gasteiger partial charge on any atom is -0.251 e. The molecule has 0 unspecified atom stereocenters. The maximum atomic E-state index is 13.6. The third kappa shape index (κ3) is 4.94. The largest absolute Gasteiger partial charge is 0.251 e. The number of aryl methyl sites for hydroxylation is 1. The van der Waals surface area contributed by atoms with Crippen LogP contribution in [0.2, 0.25) is 0 Å².